The Labute approximate surface area is 131 Å². The highest BCUT2D eigenvalue weighted by Gasteiger charge is 2.36. The molecule has 2 atom stereocenters. The maximum atomic E-state index is 12.0. The summed E-state index contributed by atoms with van der Waals surface area (Å²) >= 11 is 0. The molecule has 2 heterocycles. The summed E-state index contributed by atoms with van der Waals surface area (Å²) in [4.78, 5) is 24.9. The van der Waals surface area contributed by atoms with E-state index in [1.807, 2.05) is 20.8 Å². The number of aliphatic carboxylic acids is 1. The third-order valence-corrected chi connectivity index (χ3v) is 4.36. The molecule has 2 aliphatic rings. The number of ether oxygens (including phenoxy) is 2. The van der Waals surface area contributed by atoms with Crippen molar-refractivity contribution in [2.24, 2.45) is 11.8 Å². The molecular formula is C16H27NO5. The molecule has 2 saturated heterocycles. The van der Waals surface area contributed by atoms with E-state index in [-0.39, 0.29) is 18.1 Å². The highest BCUT2D eigenvalue weighted by atomic mass is 16.6. The Hall–Kier alpha value is -1.30. The lowest BCUT2D eigenvalue weighted by molar-refractivity contribution is -0.143. The van der Waals surface area contributed by atoms with E-state index in [2.05, 4.69) is 0 Å². The molecule has 0 saturated carbocycles. The highest BCUT2D eigenvalue weighted by molar-refractivity contribution is 5.71. The van der Waals surface area contributed by atoms with Gasteiger partial charge in [-0.3, -0.25) is 4.79 Å². The SMILES string of the molecule is CC(C)(C)OC(=O)N1CCC(CC2OCCC2C(=O)O)CC1. The number of hydrogen-bond donors (Lipinski definition) is 1. The number of amides is 1. The van der Waals surface area contributed by atoms with Crippen molar-refractivity contribution >= 4 is 12.1 Å². The zero-order valence-electron chi connectivity index (χ0n) is 13.7. The van der Waals surface area contributed by atoms with Crippen LogP contribution in [-0.2, 0) is 14.3 Å². The summed E-state index contributed by atoms with van der Waals surface area (Å²) in [5.74, 6) is -0.707. The van der Waals surface area contributed by atoms with Crippen LogP contribution in [0.25, 0.3) is 0 Å². The number of likely N-dealkylation sites (tertiary alicyclic amines) is 1. The first-order valence-electron chi connectivity index (χ1n) is 8.08. The second kappa shape index (κ2) is 6.86. The Morgan fingerprint density at radius 1 is 1.23 bits per heavy atom. The highest BCUT2D eigenvalue weighted by Crippen LogP contribution is 2.31. The molecule has 6 heteroatoms. The lowest BCUT2D eigenvalue weighted by Crippen LogP contribution is -2.42. The first-order valence-corrected chi connectivity index (χ1v) is 8.08. The molecule has 1 N–H and O–H groups in total. The fraction of sp³-hybridized carbons (Fsp3) is 0.875. The standard InChI is InChI=1S/C16H27NO5/c1-16(2,3)22-15(20)17-7-4-11(5-8-17)10-13-12(14(18)19)6-9-21-13/h11-13H,4-10H2,1-3H3,(H,18,19). The van der Waals surface area contributed by atoms with E-state index in [1.54, 1.807) is 4.90 Å². The first kappa shape index (κ1) is 17.1. The smallest absolute Gasteiger partial charge is 0.410 e. The molecule has 2 fully saturated rings. The Morgan fingerprint density at radius 3 is 2.41 bits per heavy atom. The van der Waals surface area contributed by atoms with E-state index >= 15 is 0 Å². The van der Waals surface area contributed by atoms with Crippen LogP contribution >= 0.6 is 0 Å². The normalized spacial score (nSPS) is 27.0. The monoisotopic (exact) mass is 313 g/mol. The third kappa shape index (κ3) is 4.60. The number of nitrogens with zero attached hydrogens (tertiary/aromatic N) is 1. The number of piperidine rings is 1. The Balaban J connectivity index is 1.78. The van der Waals surface area contributed by atoms with E-state index in [0.29, 0.717) is 32.0 Å². The maximum absolute atomic E-state index is 12.0. The molecule has 0 aromatic carbocycles. The number of carboxylic acid groups (broad SMARTS) is 1. The van der Waals surface area contributed by atoms with Gasteiger partial charge >= 0.3 is 12.1 Å². The zero-order valence-corrected chi connectivity index (χ0v) is 13.7. The van der Waals surface area contributed by atoms with Crippen LogP contribution < -0.4 is 0 Å². The number of rotatable bonds is 3. The van der Waals surface area contributed by atoms with Crippen LogP contribution in [-0.4, -0.2) is 53.5 Å². The van der Waals surface area contributed by atoms with E-state index in [0.717, 1.165) is 19.3 Å². The van der Waals surface area contributed by atoms with Crippen LogP contribution in [0.3, 0.4) is 0 Å². The molecular weight excluding hydrogens is 286 g/mol. The fourth-order valence-electron chi connectivity index (χ4n) is 3.17. The fourth-order valence-corrected chi connectivity index (χ4v) is 3.17. The molecule has 1 amide bonds. The van der Waals surface area contributed by atoms with E-state index in [1.165, 1.54) is 0 Å². The van der Waals surface area contributed by atoms with Gasteiger partial charge in [-0.15, -0.1) is 0 Å². The van der Waals surface area contributed by atoms with Crippen molar-refractivity contribution in [3.8, 4) is 0 Å². The Kier molecular flexibility index (Phi) is 5.32. The predicted octanol–water partition coefficient (Wildman–Crippen LogP) is 2.51. The molecule has 0 bridgehead atoms. The molecule has 0 aliphatic carbocycles. The van der Waals surface area contributed by atoms with Crippen LogP contribution in [0.2, 0.25) is 0 Å². The van der Waals surface area contributed by atoms with E-state index in [4.69, 9.17) is 9.47 Å². The van der Waals surface area contributed by atoms with Crippen LogP contribution in [0.4, 0.5) is 4.79 Å². The van der Waals surface area contributed by atoms with Crippen molar-refractivity contribution in [3.05, 3.63) is 0 Å². The van der Waals surface area contributed by atoms with Gasteiger partial charge in [-0.25, -0.2) is 4.79 Å². The van der Waals surface area contributed by atoms with Gasteiger partial charge in [0, 0.05) is 19.7 Å². The Morgan fingerprint density at radius 2 is 1.86 bits per heavy atom. The van der Waals surface area contributed by atoms with Gasteiger partial charge in [0.2, 0.25) is 0 Å². The summed E-state index contributed by atoms with van der Waals surface area (Å²) in [6, 6.07) is 0. The molecule has 2 unspecified atom stereocenters. The van der Waals surface area contributed by atoms with Crippen LogP contribution in [0.5, 0.6) is 0 Å². The van der Waals surface area contributed by atoms with Crippen molar-refractivity contribution in [1.29, 1.82) is 0 Å². The summed E-state index contributed by atoms with van der Waals surface area (Å²) in [5.41, 5.74) is -0.472. The molecule has 0 aromatic heterocycles. The van der Waals surface area contributed by atoms with E-state index < -0.39 is 11.6 Å². The molecule has 0 spiro atoms. The average molecular weight is 313 g/mol. The van der Waals surface area contributed by atoms with Crippen molar-refractivity contribution in [2.75, 3.05) is 19.7 Å². The quantitative estimate of drug-likeness (QED) is 0.866. The van der Waals surface area contributed by atoms with Crippen LogP contribution in [0.15, 0.2) is 0 Å². The van der Waals surface area contributed by atoms with Crippen LogP contribution in [0, 0.1) is 11.8 Å². The second-order valence-electron chi connectivity index (χ2n) is 7.29. The van der Waals surface area contributed by atoms with Crippen molar-refractivity contribution in [2.45, 2.75) is 58.2 Å². The summed E-state index contributed by atoms with van der Waals surface area (Å²) in [5, 5.41) is 9.19. The second-order valence-corrected chi connectivity index (χ2v) is 7.29. The number of carboxylic acids is 1. The molecule has 0 aromatic rings. The summed E-state index contributed by atoms with van der Waals surface area (Å²) < 4.78 is 11.0. The lowest BCUT2D eigenvalue weighted by atomic mass is 9.87. The predicted molar refractivity (Wildman–Crippen MR) is 80.6 cm³/mol. The van der Waals surface area contributed by atoms with Gasteiger partial charge in [0.1, 0.15) is 5.60 Å². The zero-order chi connectivity index (χ0) is 16.3. The van der Waals surface area contributed by atoms with Gasteiger partial charge in [0.15, 0.2) is 0 Å². The maximum Gasteiger partial charge on any atom is 0.410 e. The topological polar surface area (TPSA) is 76.1 Å². The molecule has 126 valence electrons. The van der Waals surface area contributed by atoms with Gasteiger partial charge in [0.05, 0.1) is 12.0 Å². The van der Waals surface area contributed by atoms with Gasteiger partial charge in [-0.05, 0) is 52.4 Å². The molecule has 6 nitrogen and oxygen atoms in total. The molecule has 22 heavy (non-hydrogen) atoms. The largest absolute Gasteiger partial charge is 0.481 e. The molecule has 2 aliphatic heterocycles. The minimum Gasteiger partial charge on any atom is -0.481 e. The minimum absolute atomic E-state index is 0.171. The van der Waals surface area contributed by atoms with Crippen molar-refractivity contribution in [3.63, 3.8) is 0 Å². The van der Waals surface area contributed by atoms with Gasteiger partial charge < -0.3 is 19.5 Å². The van der Waals surface area contributed by atoms with Gasteiger partial charge in [-0.2, -0.15) is 0 Å². The van der Waals surface area contributed by atoms with Crippen molar-refractivity contribution < 1.29 is 24.2 Å². The summed E-state index contributed by atoms with van der Waals surface area (Å²) in [7, 11) is 0. The summed E-state index contributed by atoms with van der Waals surface area (Å²) in [6.45, 7) is 7.47. The number of hydrogen-bond acceptors (Lipinski definition) is 4. The van der Waals surface area contributed by atoms with Crippen LogP contribution in [0.1, 0.15) is 46.5 Å². The first-order chi connectivity index (χ1) is 10.3. The lowest BCUT2D eigenvalue weighted by Gasteiger charge is -2.34. The average Bonchev–Trinajstić information content (AvgIpc) is 2.86. The van der Waals surface area contributed by atoms with Crippen molar-refractivity contribution in [1.82, 2.24) is 4.90 Å². The van der Waals surface area contributed by atoms with Gasteiger partial charge in [-0.1, -0.05) is 0 Å². The third-order valence-electron chi connectivity index (χ3n) is 4.36. The minimum atomic E-state index is -0.756. The van der Waals surface area contributed by atoms with Gasteiger partial charge in [0.25, 0.3) is 0 Å². The molecule has 0 radical (unpaired) electrons. The number of carbonyl (C=O) groups excluding carboxylic acids is 1. The number of carbonyl (C=O) groups is 2. The van der Waals surface area contributed by atoms with E-state index in [9.17, 15) is 14.7 Å². The Bertz CT molecular complexity index is 409. The molecule has 2 rings (SSSR count). The summed E-state index contributed by atoms with van der Waals surface area (Å²) in [6.07, 6.45) is 2.72.